The lowest BCUT2D eigenvalue weighted by atomic mass is 10.3. The molecule has 1 heterocycles. The molecular formula is C12H12ClFN4O. The van der Waals surface area contributed by atoms with Crippen molar-refractivity contribution in [3.63, 3.8) is 0 Å². The van der Waals surface area contributed by atoms with Gasteiger partial charge in [0.25, 0.3) is 5.91 Å². The van der Waals surface area contributed by atoms with Crippen LogP contribution in [0, 0.1) is 5.82 Å². The third-order valence-corrected chi connectivity index (χ3v) is 2.74. The SMILES string of the molecule is CCn1cc(N)c(C(=O)Nc2cc(Cl)ccc2F)n1. The first-order valence-corrected chi connectivity index (χ1v) is 5.98. The number of rotatable bonds is 3. The summed E-state index contributed by atoms with van der Waals surface area (Å²) in [5, 5.41) is 6.71. The number of hydrogen-bond donors (Lipinski definition) is 2. The van der Waals surface area contributed by atoms with Crippen molar-refractivity contribution >= 4 is 28.9 Å². The van der Waals surface area contributed by atoms with Gasteiger partial charge in [0.15, 0.2) is 5.69 Å². The summed E-state index contributed by atoms with van der Waals surface area (Å²) in [6, 6.07) is 3.89. The van der Waals surface area contributed by atoms with Gasteiger partial charge in [-0.25, -0.2) is 4.39 Å². The van der Waals surface area contributed by atoms with E-state index in [-0.39, 0.29) is 17.1 Å². The third kappa shape index (κ3) is 2.85. The van der Waals surface area contributed by atoms with E-state index in [2.05, 4.69) is 10.4 Å². The van der Waals surface area contributed by atoms with Crippen LogP contribution in [0.15, 0.2) is 24.4 Å². The standard InChI is InChI=1S/C12H12ClFN4O/c1-2-18-6-9(15)11(17-18)12(19)16-10-5-7(13)3-4-8(10)14/h3-6H,2,15H2,1H3,(H,16,19). The molecule has 19 heavy (non-hydrogen) atoms. The summed E-state index contributed by atoms with van der Waals surface area (Å²) in [5.41, 5.74) is 5.96. The number of nitrogens with one attached hydrogen (secondary N) is 1. The fourth-order valence-electron chi connectivity index (χ4n) is 1.55. The largest absolute Gasteiger partial charge is 0.396 e. The number of nitrogen functional groups attached to an aromatic ring is 1. The predicted molar refractivity (Wildman–Crippen MR) is 71.7 cm³/mol. The molecule has 5 nitrogen and oxygen atoms in total. The highest BCUT2D eigenvalue weighted by Gasteiger charge is 2.16. The summed E-state index contributed by atoms with van der Waals surface area (Å²) in [6.45, 7) is 2.45. The molecule has 0 aliphatic rings. The van der Waals surface area contributed by atoms with Gasteiger partial charge in [-0.05, 0) is 25.1 Å². The summed E-state index contributed by atoms with van der Waals surface area (Å²) in [7, 11) is 0. The topological polar surface area (TPSA) is 72.9 Å². The predicted octanol–water partition coefficient (Wildman–Crippen LogP) is 2.53. The minimum atomic E-state index is -0.578. The number of benzene rings is 1. The third-order valence-electron chi connectivity index (χ3n) is 2.51. The van der Waals surface area contributed by atoms with E-state index in [1.54, 1.807) is 6.20 Å². The zero-order chi connectivity index (χ0) is 14.0. The minimum Gasteiger partial charge on any atom is -0.396 e. The van der Waals surface area contributed by atoms with Crippen molar-refractivity contribution in [1.82, 2.24) is 9.78 Å². The van der Waals surface area contributed by atoms with Gasteiger partial charge in [-0.15, -0.1) is 0 Å². The van der Waals surface area contributed by atoms with Gasteiger partial charge in [0.2, 0.25) is 0 Å². The zero-order valence-corrected chi connectivity index (χ0v) is 10.9. The first-order valence-electron chi connectivity index (χ1n) is 5.60. The number of carbonyl (C=O) groups excluding carboxylic acids is 1. The molecule has 2 aromatic rings. The molecule has 0 atom stereocenters. The van der Waals surface area contributed by atoms with Gasteiger partial charge in [-0.2, -0.15) is 5.10 Å². The molecule has 0 fully saturated rings. The second-order valence-corrected chi connectivity index (χ2v) is 4.30. The van der Waals surface area contributed by atoms with Crippen molar-refractivity contribution in [3.05, 3.63) is 40.9 Å². The van der Waals surface area contributed by atoms with Crippen LogP contribution < -0.4 is 11.1 Å². The van der Waals surface area contributed by atoms with E-state index in [1.165, 1.54) is 22.9 Å². The number of anilines is 2. The van der Waals surface area contributed by atoms with Crippen molar-refractivity contribution in [2.75, 3.05) is 11.1 Å². The summed E-state index contributed by atoms with van der Waals surface area (Å²) in [6.07, 6.45) is 1.54. The molecule has 1 aromatic heterocycles. The number of aromatic nitrogens is 2. The second-order valence-electron chi connectivity index (χ2n) is 3.87. The van der Waals surface area contributed by atoms with Gasteiger partial charge in [-0.3, -0.25) is 9.48 Å². The van der Waals surface area contributed by atoms with Crippen LogP contribution in [-0.2, 0) is 6.54 Å². The monoisotopic (exact) mass is 282 g/mol. The Morgan fingerprint density at radius 1 is 1.58 bits per heavy atom. The van der Waals surface area contributed by atoms with E-state index in [1.807, 2.05) is 6.92 Å². The summed E-state index contributed by atoms with van der Waals surface area (Å²) < 4.78 is 15.0. The summed E-state index contributed by atoms with van der Waals surface area (Å²) >= 11 is 5.74. The van der Waals surface area contributed by atoms with E-state index in [0.717, 1.165) is 0 Å². The first-order chi connectivity index (χ1) is 9.01. The normalized spacial score (nSPS) is 10.5. The van der Waals surface area contributed by atoms with Crippen molar-refractivity contribution in [2.45, 2.75) is 13.5 Å². The van der Waals surface area contributed by atoms with E-state index in [0.29, 0.717) is 11.6 Å². The number of amides is 1. The molecule has 0 radical (unpaired) electrons. The molecule has 7 heteroatoms. The Hall–Kier alpha value is -2.08. The van der Waals surface area contributed by atoms with Crippen LogP contribution in [0.4, 0.5) is 15.8 Å². The highest BCUT2D eigenvalue weighted by Crippen LogP contribution is 2.21. The molecule has 0 saturated carbocycles. The molecule has 100 valence electrons. The Balaban J connectivity index is 2.25. The van der Waals surface area contributed by atoms with E-state index >= 15 is 0 Å². The van der Waals surface area contributed by atoms with Gasteiger partial charge < -0.3 is 11.1 Å². The molecule has 1 amide bonds. The van der Waals surface area contributed by atoms with Crippen LogP contribution in [0.2, 0.25) is 5.02 Å². The van der Waals surface area contributed by atoms with Crippen molar-refractivity contribution in [3.8, 4) is 0 Å². The lowest BCUT2D eigenvalue weighted by molar-refractivity contribution is 0.102. The zero-order valence-electron chi connectivity index (χ0n) is 10.2. The molecule has 0 aliphatic heterocycles. The van der Waals surface area contributed by atoms with Crippen molar-refractivity contribution in [2.24, 2.45) is 0 Å². The van der Waals surface area contributed by atoms with Gasteiger partial charge in [0.1, 0.15) is 5.82 Å². The average Bonchev–Trinajstić information content (AvgIpc) is 2.75. The highest BCUT2D eigenvalue weighted by atomic mass is 35.5. The Kier molecular flexibility index (Phi) is 3.71. The van der Waals surface area contributed by atoms with Crippen LogP contribution in [0.25, 0.3) is 0 Å². The van der Waals surface area contributed by atoms with Crippen LogP contribution >= 0.6 is 11.6 Å². The fourth-order valence-corrected chi connectivity index (χ4v) is 1.72. The first kappa shape index (κ1) is 13.4. The molecule has 1 aromatic carbocycles. The van der Waals surface area contributed by atoms with Crippen molar-refractivity contribution < 1.29 is 9.18 Å². The number of nitrogens with zero attached hydrogens (tertiary/aromatic N) is 2. The van der Waals surface area contributed by atoms with Crippen LogP contribution in [0.3, 0.4) is 0 Å². The lowest BCUT2D eigenvalue weighted by Gasteiger charge is -2.05. The Morgan fingerprint density at radius 3 is 2.95 bits per heavy atom. The van der Waals surface area contributed by atoms with Gasteiger partial charge in [0.05, 0.1) is 11.4 Å². The molecule has 0 aliphatic carbocycles. The van der Waals surface area contributed by atoms with Gasteiger partial charge in [-0.1, -0.05) is 11.6 Å². The molecule has 2 rings (SSSR count). The number of hydrogen-bond acceptors (Lipinski definition) is 3. The summed E-state index contributed by atoms with van der Waals surface area (Å²) in [4.78, 5) is 12.0. The fraction of sp³-hybridized carbons (Fsp3) is 0.167. The van der Waals surface area contributed by atoms with Crippen LogP contribution in [-0.4, -0.2) is 15.7 Å². The maximum Gasteiger partial charge on any atom is 0.278 e. The summed E-state index contributed by atoms with van der Waals surface area (Å²) in [5.74, 6) is -1.16. The van der Waals surface area contributed by atoms with Crippen LogP contribution in [0.5, 0.6) is 0 Å². The number of carbonyl (C=O) groups is 1. The second kappa shape index (κ2) is 5.27. The molecule has 0 spiro atoms. The van der Waals surface area contributed by atoms with E-state index in [9.17, 15) is 9.18 Å². The average molecular weight is 283 g/mol. The lowest BCUT2D eigenvalue weighted by Crippen LogP contribution is -2.15. The molecule has 0 bridgehead atoms. The van der Waals surface area contributed by atoms with E-state index in [4.69, 9.17) is 17.3 Å². The molecule has 0 saturated heterocycles. The Morgan fingerprint density at radius 2 is 2.32 bits per heavy atom. The quantitative estimate of drug-likeness (QED) is 0.908. The molecule has 3 N–H and O–H groups in total. The van der Waals surface area contributed by atoms with E-state index < -0.39 is 11.7 Å². The number of aryl methyl sites for hydroxylation is 1. The van der Waals surface area contributed by atoms with Crippen LogP contribution in [0.1, 0.15) is 17.4 Å². The van der Waals surface area contributed by atoms with Crippen molar-refractivity contribution in [1.29, 1.82) is 0 Å². The Labute approximate surface area is 114 Å². The maximum atomic E-state index is 13.5. The number of nitrogens with two attached hydrogens (primary N) is 1. The van der Waals surface area contributed by atoms with Gasteiger partial charge in [0, 0.05) is 17.8 Å². The smallest absolute Gasteiger partial charge is 0.278 e. The highest BCUT2D eigenvalue weighted by molar-refractivity contribution is 6.31. The Bertz CT molecular complexity index is 626. The molecule has 0 unspecified atom stereocenters. The maximum absolute atomic E-state index is 13.5. The number of halogens is 2. The van der Waals surface area contributed by atoms with Gasteiger partial charge >= 0.3 is 0 Å². The molecular weight excluding hydrogens is 271 g/mol. The minimum absolute atomic E-state index is 0.0112.